The number of amides is 1. The first-order chi connectivity index (χ1) is 12.7. The number of hydrogen-bond acceptors (Lipinski definition) is 3. The first-order valence-electron chi connectivity index (χ1n) is 8.17. The van der Waals surface area contributed by atoms with Crippen LogP contribution in [0.1, 0.15) is 10.4 Å². The standard InChI is InChI=1S/C21H16N2O2S/c1-23-18-12-5-6-13-19(18)26-21(23)22-20(24)15-8-7-11-17(14-15)25-16-9-3-2-4-10-16/h2-14H,1H3. The van der Waals surface area contributed by atoms with Crippen molar-refractivity contribution in [3.63, 3.8) is 0 Å². The van der Waals surface area contributed by atoms with Gasteiger partial charge >= 0.3 is 0 Å². The molecule has 0 fully saturated rings. The van der Waals surface area contributed by atoms with Crippen LogP contribution in [-0.2, 0) is 7.05 Å². The van der Waals surface area contributed by atoms with Gasteiger partial charge in [0, 0.05) is 12.6 Å². The smallest absolute Gasteiger partial charge is 0.279 e. The Morgan fingerprint density at radius 1 is 0.923 bits per heavy atom. The van der Waals surface area contributed by atoms with Crippen molar-refractivity contribution < 1.29 is 9.53 Å². The van der Waals surface area contributed by atoms with E-state index in [1.807, 2.05) is 72.3 Å². The number of para-hydroxylation sites is 2. The molecule has 0 radical (unpaired) electrons. The predicted octanol–water partition coefficient (Wildman–Crippen LogP) is 4.77. The van der Waals surface area contributed by atoms with Crippen LogP contribution in [0, 0.1) is 0 Å². The summed E-state index contributed by atoms with van der Waals surface area (Å²) >= 11 is 1.50. The summed E-state index contributed by atoms with van der Waals surface area (Å²) in [4.78, 5) is 17.6. The number of fused-ring (bicyclic) bond motifs is 1. The second-order valence-electron chi connectivity index (χ2n) is 5.77. The maximum Gasteiger partial charge on any atom is 0.279 e. The number of nitrogens with zero attached hydrogens (tertiary/aromatic N) is 2. The van der Waals surface area contributed by atoms with Gasteiger partial charge in [0.1, 0.15) is 11.5 Å². The molecular weight excluding hydrogens is 344 g/mol. The van der Waals surface area contributed by atoms with Gasteiger partial charge < -0.3 is 9.30 Å². The second-order valence-corrected chi connectivity index (χ2v) is 6.78. The van der Waals surface area contributed by atoms with Crippen LogP contribution in [0.3, 0.4) is 0 Å². The molecular formula is C21H16N2O2S. The molecule has 128 valence electrons. The Morgan fingerprint density at radius 3 is 2.46 bits per heavy atom. The van der Waals surface area contributed by atoms with Crippen LogP contribution < -0.4 is 9.54 Å². The Labute approximate surface area is 154 Å². The van der Waals surface area contributed by atoms with Crippen LogP contribution in [0.5, 0.6) is 11.5 Å². The number of aromatic nitrogens is 1. The second kappa shape index (κ2) is 6.98. The zero-order valence-electron chi connectivity index (χ0n) is 14.1. The lowest BCUT2D eigenvalue weighted by molar-refractivity contribution is 0.0997. The zero-order chi connectivity index (χ0) is 17.9. The van der Waals surface area contributed by atoms with Crippen LogP contribution in [0.25, 0.3) is 10.2 Å². The van der Waals surface area contributed by atoms with Gasteiger partial charge in [-0.2, -0.15) is 4.99 Å². The van der Waals surface area contributed by atoms with Crippen LogP contribution in [0.15, 0.2) is 83.9 Å². The summed E-state index contributed by atoms with van der Waals surface area (Å²) in [5.74, 6) is 1.05. The third kappa shape index (κ3) is 3.30. The molecule has 0 N–H and O–H groups in total. The molecule has 3 aromatic carbocycles. The molecule has 26 heavy (non-hydrogen) atoms. The number of carbonyl (C=O) groups is 1. The molecule has 0 aliphatic rings. The summed E-state index contributed by atoms with van der Waals surface area (Å²) in [6, 6.07) is 24.6. The van der Waals surface area contributed by atoms with Crippen LogP contribution in [-0.4, -0.2) is 10.5 Å². The highest BCUT2D eigenvalue weighted by molar-refractivity contribution is 7.16. The number of thiazole rings is 1. The Hall–Kier alpha value is -3.18. The first-order valence-corrected chi connectivity index (χ1v) is 8.99. The van der Waals surface area contributed by atoms with Crippen molar-refractivity contribution in [3.8, 4) is 11.5 Å². The Kier molecular flexibility index (Phi) is 4.37. The molecule has 4 aromatic rings. The molecule has 1 heterocycles. The van der Waals surface area contributed by atoms with Crippen molar-refractivity contribution in [2.75, 3.05) is 0 Å². The molecule has 1 aromatic heterocycles. The molecule has 0 saturated heterocycles. The Bertz CT molecular complexity index is 1140. The van der Waals surface area contributed by atoms with E-state index in [2.05, 4.69) is 4.99 Å². The Balaban J connectivity index is 1.66. The van der Waals surface area contributed by atoms with Gasteiger partial charge in [-0.1, -0.05) is 47.7 Å². The third-order valence-corrected chi connectivity index (χ3v) is 5.08. The van der Waals surface area contributed by atoms with Crippen molar-refractivity contribution in [1.29, 1.82) is 0 Å². The van der Waals surface area contributed by atoms with Crippen LogP contribution >= 0.6 is 11.3 Å². The molecule has 0 aliphatic carbocycles. The maximum atomic E-state index is 12.6. The largest absolute Gasteiger partial charge is 0.457 e. The van der Waals surface area contributed by atoms with Crippen molar-refractivity contribution in [2.24, 2.45) is 12.0 Å². The highest BCUT2D eigenvalue weighted by Gasteiger charge is 2.08. The fraction of sp³-hybridized carbons (Fsp3) is 0.0476. The van der Waals surface area contributed by atoms with Crippen molar-refractivity contribution in [2.45, 2.75) is 0 Å². The fourth-order valence-electron chi connectivity index (χ4n) is 2.66. The van der Waals surface area contributed by atoms with Crippen LogP contribution in [0.2, 0.25) is 0 Å². The van der Waals surface area contributed by atoms with Gasteiger partial charge in [0.15, 0.2) is 4.80 Å². The number of hydrogen-bond donors (Lipinski definition) is 0. The van der Waals surface area contributed by atoms with E-state index in [4.69, 9.17) is 4.74 Å². The van der Waals surface area contributed by atoms with E-state index in [-0.39, 0.29) is 5.91 Å². The molecule has 0 aliphatic heterocycles. The molecule has 1 amide bonds. The molecule has 4 rings (SSSR count). The molecule has 0 spiro atoms. The number of rotatable bonds is 3. The summed E-state index contributed by atoms with van der Waals surface area (Å²) in [7, 11) is 1.92. The third-order valence-electron chi connectivity index (χ3n) is 3.97. The molecule has 0 saturated carbocycles. The first kappa shape index (κ1) is 16.3. The molecule has 0 unspecified atom stereocenters. The number of aryl methyl sites for hydroxylation is 1. The average molecular weight is 360 g/mol. The zero-order valence-corrected chi connectivity index (χ0v) is 14.9. The fourth-order valence-corrected chi connectivity index (χ4v) is 3.67. The van der Waals surface area contributed by atoms with Gasteiger partial charge in [-0.3, -0.25) is 4.79 Å². The summed E-state index contributed by atoms with van der Waals surface area (Å²) < 4.78 is 8.83. The van der Waals surface area contributed by atoms with E-state index in [1.165, 1.54) is 11.3 Å². The molecule has 4 nitrogen and oxygen atoms in total. The SMILES string of the molecule is Cn1c(=NC(=O)c2cccc(Oc3ccccc3)c2)sc2ccccc21. The van der Waals surface area contributed by atoms with Gasteiger partial charge in [-0.05, 0) is 42.5 Å². The predicted molar refractivity (Wildman–Crippen MR) is 104 cm³/mol. The number of carbonyl (C=O) groups excluding carboxylic acids is 1. The lowest BCUT2D eigenvalue weighted by atomic mass is 10.2. The van der Waals surface area contributed by atoms with E-state index >= 15 is 0 Å². The summed E-state index contributed by atoms with van der Waals surface area (Å²) in [5.41, 5.74) is 1.56. The minimum Gasteiger partial charge on any atom is -0.457 e. The molecule has 5 heteroatoms. The Morgan fingerprint density at radius 2 is 1.65 bits per heavy atom. The quantitative estimate of drug-likeness (QED) is 0.528. The van der Waals surface area contributed by atoms with E-state index in [0.29, 0.717) is 16.1 Å². The normalized spacial score (nSPS) is 11.7. The number of benzene rings is 3. The van der Waals surface area contributed by atoms with Gasteiger partial charge in [0.25, 0.3) is 5.91 Å². The minimum absolute atomic E-state index is 0.286. The topological polar surface area (TPSA) is 43.6 Å². The molecule has 0 atom stereocenters. The van der Waals surface area contributed by atoms with E-state index < -0.39 is 0 Å². The van der Waals surface area contributed by atoms with Crippen molar-refractivity contribution in [3.05, 3.63) is 89.2 Å². The van der Waals surface area contributed by atoms with E-state index in [1.54, 1.807) is 18.2 Å². The monoisotopic (exact) mass is 360 g/mol. The lowest BCUT2D eigenvalue weighted by Crippen LogP contribution is -2.13. The van der Waals surface area contributed by atoms with E-state index in [0.717, 1.165) is 16.0 Å². The number of ether oxygens (including phenoxy) is 1. The van der Waals surface area contributed by atoms with Gasteiger partial charge in [0.05, 0.1) is 10.2 Å². The van der Waals surface area contributed by atoms with Crippen LogP contribution in [0.4, 0.5) is 0 Å². The highest BCUT2D eigenvalue weighted by Crippen LogP contribution is 2.22. The van der Waals surface area contributed by atoms with E-state index in [9.17, 15) is 4.79 Å². The summed E-state index contributed by atoms with van der Waals surface area (Å²) in [5, 5.41) is 0. The van der Waals surface area contributed by atoms with Crippen molar-refractivity contribution >= 4 is 27.5 Å². The van der Waals surface area contributed by atoms with Gasteiger partial charge in [0.2, 0.25) is 0 Å². The van der Waals surface area contributed by atoms with Gasteiger partial charge in [-0.15, -0.1) is 0 Å². The summed E-state index contributed by atoms with van der Waals surface area (Å²) in [6.45, 7) is 0. The molecule has 0 bridgehead atoms. The average Bonchev–Trinajstić information content (AvgIpc) is 2.99. The minimum atomic E-state index is -0.286. The van der Waals surface area contributed by atoms with Crippen molar-refractivity contribution in [1.82, 2.24) is 4.57 Å². The lowest BCUT2D eigenvalue weighted by Gasteiger charge is -2.06. The maximum absolute atomic E-state index is 12.6. The highest BCUT2D eigenvalue weighted by atomic mass is 32.1. The van der Waals surface area contributed by atoms with Gasteiger partial charge in [-0.25, -0.2) is 0 Å². The summed E-state index contributed by atoms with van der Waals surface area (Å²) in [6.07, 6.45) is 0.